The fraction of sp³-hybridized carbons (Fsp3) is 0.200. The summed E-state index contributed by atoms with van der Waals surface area (Å²) in [6.45, 7) is -0.608. The van der Waals surface area contributed by atoms with Crippen LogP contribution in [-0.4, -0.2) is 44.9 Å². The highest BCUT2D eigenvalue weighted by molar-refractivity contribution is 6.29. The number of hydrogen-bond acceptors (Lipinski definition) is 4. The van der Waals surface area contributed by atoms with Crippen LogP contribution in [0.25, 0.3) is 0 Å². The van der Waals surface area contributed by atoms with Crippen LogP contribution in [0.5, 0.6) is 0 Å². The molecule has 0 bridgehead atoms. The first kappa shape index (κ1) is 12.9. The molecule has 0 aromatic carbocycles. The lowest BCUT2D eigenvalue weighted by Crippen LogP contribution is -2.36. The van der Waals surface area contributed by atoms with Crippen molar-refractivity contribution in [2.75, 3.05) is 13.1 Å². The molecular weight excluding hydrogens is 246 g/mol. The van der Waals surface area contributed by atoms with Crippen LogP contribution in [0.1, 0.15) is 10.5 Å². The Bertz CT molecular complexity index is 467. The van der Waals surface area contributed by atoms with Gasteiger partial charge in [0.05, 0.1) is 18.9 Å². The minimum atomic E-state index is -1.16. The van der Waals surface area contributed by atoms with E-state index >= 15 is 0 Å². The molecule has 0 spiro atoms. The van der Waals surface area contributed by atoms with Crippen molar-refractivity contribution in [1.29, 1.82) is 0 Å². The van der Waals surface area contributed by atoms with Crippen molar-refractivity contribution in [2.45, 2.75) is 0 Å². The summed E-state index contributed by atoms with van der Waals surface area (Å²) in [7, 11) is 0. The molecule has 0 aliphatic heterocycles. The number of aromatic nitrogens is 2. The second-order valence-electron chi connectivity index (χ2n) is 2.98. The van der Waals surface area contributed by atoms with Crippen LogP contribution < -0.4 is 0 Å². The van der Waals surface area contributed by atoms with E-state index in [1.165, 1.54) is 6.20 Å². The lowest BCUT2D eigenvalue weighted by Gasteiger charge is -2.16. The third kappa shape index (κ3) is 3.74. The predicted molar refractivity (Wildman–Crippen MR) is 59.4 cm³/mol. The summed E-state index contributed by atoms with van der Waals surface area (Å²) in [4.78, 5) is 30.7. The van der Waals surface area contributed by atoms with E-state index < -0.39 is 18.4 Å². The zero-order valence-corrected chi connectivity index (χ0v) is 9.39. The van der Waals surface area contributed by atoms with Crippen LogP contribution in [0.4, 0.5) is 0 Å². The number of amides is 1. The van der Waals surface area contributed by atoms with Crippen LogP contribution >= 0.6 is 11.6 Å². The molecule has 1 aromatic heterocycles. The highest BCUT2D eigenvalue weighted by atomic mass is 35.5. The van der Waals surface area contributed by atoms with Gasteiger partial charge in [-0.05, 0) is 0 Å². The smallest absolute Gasteiger partial charge is 0.323 e. The predicted octanol–water partition coefficient (Wildman–Crippen LogP) is 0.290. The van der Waals surface area contributed by atoms with E-state index in [9.17, 15) is 9.59 Å². The summed E-state index contributed by atoms with van der Waals surface area (Å²) in [5.74, 6) is 0.443. The van der Waals surface area contributed by atoms with Gasteiger partial charge in [-0.25, -0.2) is 9.97 Å². The first-order valence-corrected chi connectivity index (χ1v) is 4.84. The molecule has 0 fully saturated rings. The Morgan fingerprint density at radius 1 is 1.47 bits per heavy atom. The van der Waals surface area contributed by atoms with E-state index in [4.69, 9.17) is 23.1 Å². The second-order valence-corrected chi connectivity index (χ2v) is 3.37. The Morgan fingerprint density at radius 3 is 2.65 bits per heavy atom. The molecule has 1 rings (SSSR count). The van der Waals surface area contributed by atoms with Crippen molar-refractivity contribution < 1.29 is 14.7 Å². The Labute approximate surface area is 102 Å². The average Bonchev–Trinajstić information content (AvgIpc) is 2.28. The first-order valence-electron chi connectivity index (χ1n) is 4.46. The largest absolute Gasteiger partial charge is 0.480 e. The number of carbonyl (C=O) groups is 2. The van der Waals surface area contributed by atoms with Crippen molar-refractivity contribution in [3.8, 4) is 12.3 Å². The second kappa shape index (κ2) is 5.82. The number of nitrogens with zero attached hydrogens (tertiary/aromatic N) is 3. The van der Waals surface area contributed by atoms with Crippen LogP contribution in [0, 0.1) is 12.3 Å². The van der Waals surface area contributed by atoms with Crippen LogP contribution in [-0.2, 0) is 4.79 Å². The molecular formula is C10H8ClN3O3. The summed E-state index contributed by atoms with van der Waals surface area (Å²) in [5, 5.41) is 8.77. The van der Waals surface area contributed by atoms with Gasteiger partial charge in [0, 0.05) is 0 Å². The maximum Gasteiger partial charge on any atom is 0.323 e. The summed E-state index contributed by atoms with van der Waals surface area (Å²) < 4.78 is 0. The molecule has 1 aromatic rings. The van der Waals surface area contributed by atoms with Gasteiger partial charge in [0.2, 0.25) is 0 Å². The summed E-state index contributed by atoms with van der Waals surface area (Å²) in [5.41, 5.74) is -0.00843. The molecule has 0 atom stereocenters. The van der Waals surface area contributed by atoms with Crippen molar-refractivity contribution >= 4 is 23.5 Å². The van der Waals surface area contributed by atoms with Crippen LogP contribution in [0.15, 0.2) is 12.4 Å². The topological polar surface area (TPSA) is 83.4 Å². The first-order chi connectivity index (χ1) is 8.04. The van der Waals surface area contributed by atoms with Gasteiger partial charge in [-0.3, -0.25) is 9.59 Å². The summed E-state index contributed by atoms with van der Waals surface area (Å²) >= 11 is 5.52. The number of terminal acetylenes is 1. The van der Waals surface area contributed by atoms with Gasteiger partial charge >= 0.3 is 5.97 Å². The van der Waals surface area contributed by atoms with E-state index in [-0.39, 0.29) is 17.4 Å². The Balaban J connectivity index is 2.88. The molecule has 0 aliphatic rings. The number of carbonyl (C=O) groups excluding carboxylic acids is 1. The maximum absolute atomic E-state index is 11.8. The van der Waals surface area contributed by atoms with Gasteiger partial charge in [-0.2, -0.15) is 0 Å². The normalized spacial score (nSPS) is 9.41. The van der Waals surface area contributed by atoms with E-state index in [0.717, 1.165) is 11.1 Å². The van der Waals surface area contributed by atoms with E-state index in [2.05, 4.69) is 15.9 Å². The van der Waals surface area contributed by atoms with Gasteiger partial charge in [-0.15, -0.1) is 6.42 Å². The highest BCUT2D eigenvalue weighted by Crippen LogP contribution is 2.04. The number of aliphatic carboxylic acids is 1. The van der Waals surface area contributed by atoms with Crippen LogP contribution in [0.3, 0.4) is 0 Å². The molecule has 6 nitrogen and oxygen atoms in total. The number of rotatable bonds is 4. The van der Waals surface area contributed by atoms with Crippen molar-refractivity contribution in [3.63, 3.8) is 0 Å². The monoisotopic (exact) mass is 253 g/mol. The van der Waals surface area contributed by atoms with Gasteiger partial charge in [0.25, 0.3) is 5.91 Å². The fourth-order valence-corrected chi connectivity index (χ4v) is 1.16. The third-order valence-corrected chi connectivity index (χ3v) is 1.93. The van der Waals surface area contributed by atoms with Crippen molar-refractivity contribution in [3.05, 3.63) is 23.2 Å². The molecule has 0 unspecified atom stereocenters. The number of carboxylic acid groups (broad SMARTS) is 1. The molecule has 1 N–H and O–H groups in total. The van der Waals surface area contributed by atoms with Gasteiger partial charge in [0.1, 0.15) is 17.4 Å². The minimum absolute atomic E-state index is 0.00843. The third-order valence-electron chi connectivity index (χ3n) is 1.73. The molecule has 88 valence electrons. The molecule has 0 radical (unpaired) electrons. The molecule has 0 saturated heterocycles. The van der Waals surface area contributed by atoms with Gasteiger partial charge < -0.3 is 10.0 Å². The average molecular weight is 254 g/mol. The van der Waals surface area contributed by atoms with E-state index in [0.29, 0.717) is 0 Å². The van der Waals surface area contributed by atoms with Crippen molar-refractivity contribution in [1.82, 2.24) is 14.9 Å². The number of halogens is 1. The quantitative estimate of drug-likeness (QED) is 0.780. The van der Waals surface area contributed by atoms with Gasteiger partial charge in [0.15, 0.2) is 0 Å². The Hall–Kier alpha value is -2.13. The lowest BCUT2D eigenvalue weighted by molar-refractivity contribution is -0.137. The Morgan fingerprint density at radius 2 is 2.18 bits per heavy atom. The van der Waals surface area contributed by atoms with Crippen molar-refractivity contribution in [2.24, 2.45) is 0 Å². The molecule has 7 heteroatoms. The zero-order chi connectivity index (χ0) is 12.8. The van der Waals surface area contributed by atoms with E-state index in [1.807, 2.05) is 0 Å². The summed E-state index contributed by atoms with van der Waals surface area (Å²) in [6, 6.07) is 0. The Kier molecular flexibility index (Phi) is 4.43. The molecule has 1 amide bonds. The standard InChI is InChI=1S/C10H8ClN3O3/c1-2-3-14(6-9(15)16)10(17)7-4-13-8(11)5-12-7/h1,4-5H,3,6H2,(H,15,16). The molecule has 0 aliphatic carbocycles. The highest BCUT2D eigenvalue weighted by Gasteiger charge is 2.18. The zero-order valence-electron chi connectivity index (χ0n) is 8.63. The van der Waals surface area contributed by atoms with Gasteiger partial charge in [-0.1, -0.05) is 17.5 Å². The summed E-state index contributed by atoms with van der Waals surface area (Å²) in [6.07, 6.45) is 7.41. The number of carboxylic acids is 1. The lowest BCUT2D eigenvalue weighted by atomic mass is 10.3. The number of hydrogen-bond donors (Lipinski definition) is 1. The molecule has 17 heavy (non-hydrogen) atoms. The maximum atomic E-state index is 11.8. The molecule has 0 saturated carbocycles. The minimum Gasteiger partial charge on any atom is -0.480 e. The van der Waals surface area contributed by atoms with E-state index in [1.54, 1.807) is 0 Å². The fourth-order valence-electron chi connectivity index (χ4n) is 1.06. The SMILES string of the molecule is C#CCN(CC(=O)O)C(=O)c1cnc(Cl)cn1. The van der Waals surface area contributed by atoms with Crippen LogP contribution in [0.2, 0.25) is 5.15 Å². The molecule has 1 heterocycles.